The Morgan fingerprint density at radius 3 is 2.50 bits per heavy atom. The molecule has 2 N–H and O–H groups in total. The number of anilines is 1. The Morgan fingerprint density at radius 2 is 1.96 bits per heavy atom. The van der Waals surface area contributed by atoms with E-state index in [1.54, 1.807) is 17.9 Å². The van der Waals surface area contributed by atoms with Crippen LogP contribution in [0.5, 0.6) is 0 Å². The van der Waals surface area contributed by atoms with Gasteiger partial charge in [0, 0.05) is 44.6 Å². The number of aromatic nitrogens is 3. The van der Waals surface area contributed by atoms with E-state index in [0.29, 0.717) is 6.54 Å². The van der Waals surface area contributed by atoms with Crippen molar-refractivity contribution in [2.45, 2.75) is 32.4 Å². The highest BCUT2D eigenvalue weighted by Crippen LogP contribution is 2.21. The first-order valence-electron chi connectivity index (χ1n) is 9.20. The minimum atomic E-state index is -0.411. The molecule has 1 amide bonds. The van der Waals surface area contributed by atoms with Crippen LogP contribution in [0.1, 0.15) is 36.9 Å². The Bertz CT molecular complexity index is 728. The lowest BCUT2D eigenvalue weighted by atomic mass is 9.99. The summed E-state index contributed by atoms with van der Waals surface area (Å²) in [5, 5.41) is 10.1. The molecule has 9 heteroatoms. The highest BCUT2D eigenvalue weighted by molar-refractivity contribution is 5.85. The fraction of sp³-hybridized carbons (Fsp3) is 0.526. The number of nitrogens with zero attached hydrogens (tertiary/aromatic N) is 4. The third kappa shape index (κ3) is 6.09. The van der Waals surface area contributed by atoms with Crippen LogP contribution in [0.3, 0.4) is 0 Å². The van der Waals surface area contributed by atoms with Gasteiger partial charge in [0.2, 0.25) is 5.91 Å². The quantitative estimate of drug-likeness (QED) is 0.738. The number of likely N-dealkylation sites (N-methyl/N-ethyl adjacent to an activating group) is 1. The zero-order valence-corrected chi connectivity index (χ0v) is 18.2. The minimum absolute atomic E-state index is 0. The summed E-state index contributed by atoms with van der Waals surface area (Å²) in [6, 6.07) is 3.68. The highest BCUT2D eigenvalue weighted by Gasteiger charge is 2.20. The van der Waals surface area contributed by atoms with E-state index >= 15 is 0 Å². The van der Waals surface area contributed by atoms with Gasteiger partial charge >= 0.3 is 0 Å². The lowest BCUT2D eigenvalue weighted by Gasteiger charge is -2.31. The molecule has 1 aliphatic rings. The molecule has 0 saturated carbocycles. The molecule has 1 atom stereocenters. The summed E-state index contributed by atoms with van der Waals surface area (Å²) >= 11 is 0. The summed E-state index contributed by atoms with van der Waals surface area (Å²) < 4.78 is 1.69. The van der Waals surface area contributed by atoms with Gasteiger partial charge in [0.15, 0.2) is 0 Å². The van der Waals surface area contributed by atoms with Crippen LogP contribution in [-0.4, -0.2) is 40.8 Å². The average Bonchev–Trinajstić information content (AvgIpc) is 3.08. The lowest BCUT2D eigenvalue weighted by molar-refractivity contribution is -0.123. The van der Waals surface area contributed by atoms with E-state index in [0.717, 1.165) is 36.0 Å². The van der Waals surface area contributed by atoms with E-state index in [2.05, 4.69) is 32.5 Å². The molecule has 1 saturated heterocycles. The summed E-state index contributed by atoms with van der Waals surface area (Å²) in [5.41, 5.74) is 1.84. The van der Waals surface area contributed by atoms with Gasteiger partial charge in [-0.25, -0.2) is 4.98 Å². The van der Waals surface area contributed by atoms with Crippen LogP contribution in [-0.2, 0) is 18.4 Å². The topological polar surface area (TPSA) is 75.1 Å². The van der Waals surface area contributed by atoms with Crippen molar-refractivity contribution in [3.63, 3.8) is 0 Å². The molecule has 7 nitrogen and oxygen atoms in total. The molecule has 0 spiro atoms. The number of carbonyl (C=O) groups is 1. The number of rotatable bonds is 6. The van der Waals surface area contributed by atoms with Gasteiger partial charge in [-0.2, -0.15) is 5.10 Å². The first-order valence-corrected chi connectivity index (χ1v) is 9.20. The van der Waals surface area contributed by atoms with Gasteiger partial charge in [-0.15, -0.1) is 24.8 Å². The third-order valence-electron chi connectivity index (χ3n) is 4.99. The van der Waals surface area contributed by atoms with Crippen LogP contribution in [0, 0.1) is 5.92 Å². The van der Waals surface area contributed by atoms with Gasteiger partial charge in [-0.1, -0.05) is 13.0 Å². The Balaban J connectivity index is 0.00000196. The van der Waals surface area contributed by atoms with Gasteiger partial charge in [0.1, 0.15) is 11.9 Å². The number of nitrogens with one attached hydrogen (secondary N) is 2. The van der Waals surface area contributed by atoms with E-state index in [1.807, 2.05) is 31.6 Å². The molecule has 0 bridgehead atoms. The van der Waals surface area contributed by atoms with Gasteiger partial charge in [0.05, 0.1) is 6.20 Å². The fourth-order valence-corrected chi connectivity index (χ4v) is 3.28. The Hall–Kier alpha value is -1.83. The number of pyridine rings is 1. The maximum Gasteiger partial charge on any atom is 0.242 e. The number of hydrogen-bond acceptors (Lipinski definition) is 5. The summed E-state index contributed by atoms with van der Waals surface area (Å²) in [6.45, 7) is 4.90. The molecule has 0 radical (unpaired) electrons. The SMILES string of the molecule is CNC(C(=O)NCc1ccc(N2CCC(C)CC2)nc1)c1cnn(C)c1.Cl.Cl. The predicted molar refractivity (Wildman–Crippen MR) is 116 cm³/mol. The van der Waals surface area contributed by atoms with Crippen molar-refractivity contribution >= 4 is 36.5 Å². The van der Waals surface area contributed by atoms with Crippen molar-refractivity contribution in [1.82, 2.24) is 25.4 Å². The number of carbonyl (C=O) groups excluding carboxylic acids is 1. The summed E-state index contributed by atoms with van der Waals surface area (Å²) in [7, 11) is 3.61. The van der Waals surface area contributed by atoms with E-state index < -0.39 is 6.04 Å². The Morgan fingerprint density at radius 1 is 1.25 bits per heavy atom. The summed E-state index contributed by atoms with van der Waals surface area (Å²) in [4.78, 5) is 19.4. The molecule has 28 heavy (non-hydrogen) atoms. The maximum atomic E-state index is 12.5. The normalized spacial score (nSPS) is 15.3. The van der Waals surface area contributed by atoms with Crippen LogP contribution in [0.15, 0.2) is 30.7 Å². The zero-order valence-electron chi connectivity index (χ0n) is 16.6. The molecule has 2 aromatic rings. The van der Waals surface area contributed by atoms with Crippen molar-refractivity contribution in [2.75, 3.05) is 25.0 Å². The van der Waals surface area contributed by atoms with E-state index in [9.17, 15) is 4.79 Å². The number of amides is 1. The van der Waals surface area contributed by atoms with Crippen LogP contribution in [0.2, 0.25) is 0 Å². The van der Waals surface area contributed by atoms with Gasteiger partial charge in [-0.05, 0) is 37.4 Å². The monoisotopic (exact) mass is 428 g/mol. The predicted octanol–water partition coefficient (Wildman–Crippen LogP) is 2.47. The molecule has 2 aromatic heterocycles. The summed E-state index contributed by atoms with van der Waals surface area (Å²) in [6.07, 6.45) is 7.84. The number of piperidine rings is 1. The van der Waals surface area contributed by atoms with Crippen LogP contribution >= 0.6 is 24.8 Å². The molecule has 3 rings (SSSR count). The number of halogens is 2. The van der Waals surface area contributed by atoms with Gasteiger partial charge in [0.25, 0.3) is 0 Å². The number of hydrogen-bond donors (Lipinski definition) is 2. The lowest BCUT2D eigenvalue weighted by Crippen LogP contribution is -2.35. The van der Waals surface area contributed by atoms with Crippen LogP contribution < -0.4 is 15.5 Å². The first-order chi connectivity index (χ1) is 12.6. The number of aryl methyl sites for hydroxylation is 1. The molecular formula is C19H30Cl2N6O. The zero-order chi connectivity index (χ0) is 18.5. The van der Waals surface area contributed by atoms with Gasteiger partial charge in [-0.3, -0.25) is 9.48 Å². The average molecular weight is 429 g/mol. The van der Waals surface area contributed by atoms with Crippen molar-refractivity contribution < 1.29 is 4.79 Å². The molecule has 3 heterocycles. The standard InChI is InChI=1S/C19H28N6O.2ClH/c1-14-6-8-25(9-7-14)17-5-4-15(10-21-17)11-22-19(26)18(20-2)16-12-23-24(3)13-16;;/h4-5,10,12-14,18,20H,6-9,11H2,1-3H3,(H,22,26);2*1H. The van der Waals surface area contributed by atoms with Crippen molar-refractivity contribution in [3.8, 4) is 0 Å². The highest BCUT2D eigenvalue weighted by atomic mass is 35.5. The molecule has 0 aromatic carbocycles. The Kier molecular flexibility index (Phi) is 9.72. The molecular weight excluding hydrogens is 399 g/mol. The Labute approximate surface area is 179 Å². The molecule has 156 valence electrons. The molecule has 1 aliphatic heterocycles. The largest absolute Gasteiger partial charge is 0.357 e. The minimum Gasteiger partial charge on any atom is -0.357 e. The van der Waals surface area contributed by atoms with E-state index in [1.165, 1.54) is 12.8 Å². The summed E-state index contributed by atoms with van der Waals surface area (Å²) in [5.74, 6) is 1.76. The molecule has 1 fully saturated rings. The van der Waals surface area contributed by atoms with E-state index in [4.69, 9.17) is 0 Å². The molecule has 1 unspecified atom stereocenters. The first kappa shape index (κ1) is 24.2. The second-order valence-electron chi connectivity index (χ2n) is 7.08. The second-order valence-corrected chi connectivity index (χ2v) is 7.08. The smallest absolute Gasteiger partial charge is 0.242 e. The van der Waals surface area contributed by atoms with Gasteiger partial charge < -0.3 is 15.5 Å². The van der Waals surface area contributed by atoms with E-state index in [-0.39, 0.29) is 30.7 Å². The van der Waals surface area contributed by atoms with Crippen LogP contribution in [0.25, 0.3) is 0 Å². The van der Waals surface area contributed by atoms with Crippen molar-refractivity contribution in [3.05, 3.63) is 41.9 Å². The maximum absolute atomic E-state index is 12.5. The third-order valence-corrected chi connectivity index (χ3v) is 4.99. The van der Waals surface area contributed by atoms with Crippen LogP contribution in [0.4, 0.5) is 5.82 Å². The molecule has 0 aliphatic carbocycles. The fourth-order valence-electron chi connectivity index (χ4n) is 3.28. The second kappa shape index (κ2) is 11.2. The van der Waals surface area contributed by atoms with Crippen molar-refractivity contribution in [2.24, 2.45) is 13.0 Å². The van der Waals surface area contributed by atoms with Crippen molar-refractivity contribution in [1.29, 1.82) is 0 Å².